The van der Waals surface area contributed by atoms with Crippen LogP contribution in [0.1, 0.15) is 30.9 Å². The molecule has 0 saturated heterocycles. The number of anilines is 1. The van der Waals surface area contributed by atoms with Crippen LogP contribution in [0.4, 0.5) is 5.82 Å². The summed E-state index contributed by atoms with van der Waals surface area (Å²) in [7, 11) is 0. The monoisotopic (exact) mass is 350 g/mol. The Balaban J connectivity index is 1.58. The number of ether oxygens (including phenoxy) is 1. The Labute approximate surface area is 152 Å². The molecule has 7 nitrogen and oxygen atoms in total. The number of nitrogens with one attached hydrogen (secondary N) is 1. The first-order valence-electron chi connectivity index (χ1n) is 8.60. The number of hydrazone groups is 1. The molecule has 0 fully saturated rings. The summed E-state index contributed by atoms with van der Waals surface area (Å²) in [5.41, 5.74) is 4.95. The van der Waals surface area contributed by atoms with E-state index in [1.165, 1.54) is 6.33 Å². The van der Waals surface area contributed by atoms with E-state index >= 15 is 0 Å². The van der Waals surface area contributed by atoms with E-state index < -0.39 is 0 Å². The highest BCUT2D eigenvalue weighted by Crippen LogP contribution is 2.12. The molecule has 7 heteroatoms. The van der Waals surface area contributed by atoms with E-state index in [0.29, 0.717) is 11.6 Å². The first-order valence-corrected chi connectivity index (χ1v) is 8.60. The Kier molecular flexibility index (Phi) is 5.92. The van der Waals surface area contributed by atoms with Crippen LogP contribution in [-0.2, 0) is 0 Å². The number of aryl methyl sites for hydroxylation is 1. The van der Waals surface area contributed by atoms with Crippen LogP contribution in [0.15, 0.2) is 54.2 Å². The molecule has 3 aromatic rings. The van der Waals surface area contributed by atoms with Gasteiger partial charge in [-0.25, -0.2) is 14.6 Å². The standard InChI is InChI=1S/C19H22N6O/c1-3-4-9-26-17-7-5-16(6-8-17)12-22-24-18-10-19(21-14-20-18)25-13-15(2)11-23-25/h5-8,10-14H,3-4,9H2,1-2H3,(H,20,21,24)/b22-12+. The quantitative estimate of drug-likeness (QED) is 0.382. The van der Waals surface area contributed by atoms with Crippen LogP contribution in [-0.4, -0.2) is 32.6 Å². The van der Waals surface area contributed by atoms with Crippen LogP contribution in [0.25, 0.3) is 5.82 Å². The zero-order chi connectivity index (χ0) is 18.2. The maximum absolute atomic E-state index is 5.65. The van der Waals surface area contributed by atoms with E-state index in [4.69, 9.17) is 4.74 Å². The van der Waals surface area contributed by atoms with Gasteiger partial charge in [0.15, 0.2) is 11.6 Å². The van der Waals surface area contributed by atoms with Gasteiger partial charge in [-0.15, -0.1) is 0 Å². The van der Waals surface area contributed by atoms with Gasteiger partial charge in [0, 0.05) is 12.3 Å². The second-order valence-electron chi connectivity index (χ2n) is 5.86. The summed E-state index contributed by atoms with van der Waals surface area (Å²) in [6.45, 7) is 4.87. The summed E-state index contributed by atoms with van der Waals surface area (Å²) in [4.78, 5) is 8.37. The van der Waals surface area contributed by atoms with Gasteiger partial charge in [-0.2, -0.15) is 10.2 Å². The first-order chi connectivity index (χ1) is 12.7. The highest BCUT2D eigenvalue weighted by molar-refractivity contribution is 5.80. The van der Waals surface area contributed by atoms with Crippen molar-refractivity contribution in [3.63, 3.8) is 0 Å². The molecule has 0 aliphatic heterocycles. The third-order valence-corrected chi connectivity index (χ3v) is 3.64. The molecule has 3 rings (SSSR count). The second-order valence-corrected chi connectivity index (χ2v) is 5.86. The number of benzene rings is 1. The highest BCUT2D eigenvalue weighted by Gasteiger charge is 2.02. The van der Waals surface area contributed by atoms with Crippen molar-refractivity contribution in [3.8, 4) is 11.6 Å². The zero-order valence-electron chi connectivity index (χ0n) is 15.0. The largest absolute Gasteiger partial charge is 0.494 e. The van der Waals surface area contributed by atoms with Crippen LogP contribution >= 0.6 is 0 Å². The average molecular weight is 350 g/mol. The Morgan fingerprint density at radius 3 is 2.81 bits per heavy atom. The maximum Gasteiger partial charge on any atom is 0.158 e. The number of hydrogen-bond donors (Lipinski definition) is 1. The molecule has 0 saturated carbocycles. The van der Waals surface area contributed by atoms with Gasteiger partial charge in [-0.3, -0.25) is 5.43 Å². The number of aromatic nitrogens is 4. The summed E-state index contributed by atoms with van der Waals surface area (Å²) < 4.78 is 7.34. The Morgan fingerprint density at radius 1 is 1.23 bits per heavy atom. The van der Waals surface area contributed by atoms with Crippen molar-refractivity contribution in [2.24, 2.45) is 5.10 Å². The fourth-order valence-electron chi connectivity index (χ4n) is 2.23. The van der Waals surface area contributed by atoms with Crippen LogP contribution in [0.5, 0.6) is 5.75 Å². The van der Waals surface area contributed by atoms with Crippen molar-refractivity contribution in [2.75, 3.05) is 12.0 Å². The summed E-state index contributed by atoms with van der Waals surface area (Å²) in [5.74, 6) is 2.15. The molecule has 1 aromatic carbocycles. The molecule has 0 atom stereocenters. The lowest BCUT2D eigenvalue weighted by Gasteiger charge is -2.05. The van der Waals surface area contributed by atoms with Gasteiger partial charge in [0.2, 0.25) is 0 Å². The van der Waals surface area contributed by atoms with Gasteiger partial charge in [0.05, 0.1) is 19.0 Å². The third-order valence-electron chi connectivity index (χ3n) is 3.64. The fraction of sp³-hybridized carbons (Fsp3) is 0.263. The van der Waals surface area contributed by atoms with E-state index in [9.17, 15) is 0 Å². The topological polar surface area (TPSA) is 77.2 Å². The lowest BCUT2D eigenvalue weighted by molar-refractivity contribution is 0.309. The molecule has 0 bridgehead atoms. The molecule has 0 unspecified atom stereocenters. The summed E-state index contributed by atoms with van der Waals surface area (Å²) in [6, 6.07) is 9.60. The summed E-state index contributed by atoms with van der Waals surface area (Å²) >= 11 is 0. The van der Waals surface area contributed by atoms with Crippen LogP contribution < -0.4 is 10.2 Å². The Morgan fingerprint density at radius 2 is 2.08 bits per heavy atom. The van der Waals surface area contributed by atoms with Crippen molar-refractivity contribution in [3.05, 3.63) is 60.2 Å². The second kappa shape index (κ2) is 8.75. The van der Waals surface area contributed by atoms with E-state index in [1.54, 1.807) is 23.2 Å². The van der Waals surface area contributed by atoms with Crippen LogP contribution in [0.3, 0.4) is 0 Å². The Bertz CT molecular complexity index is 856. The summed E-state index contributed by atoms with van der Waals surface area (Å²) in [5, 5.41) is 8.46. The number of rotatable bonds is 8. The smallest absolute Gasteiger partial charge is 0.158 e. The number of nitrogens with zero attached hydrogens (tertiary/aromatic N) is 5. The minimum absolute atomic E-state index is 0.596. The van der Waals surface area contributed by atoms with E-state index in [0.717, 1.165) is 36.3 Å². The molecule has 2 heterocycles. The molecule has 0 radical (unpaired) electrons. The third kappa shape index (κ3) is 4.89. The van der Waals surface area contributed by atoms with Crippen LogP contribution in [0.2, 0.25) is 0 Å². The van der Waals surface area contributed by atoms with Gasteiger partial charge < -0.3 is 4.74 Å². The van der Waals surface area contributed by atoms with Gasteiger partial charge in [-0.05, 0) is 48.7 Å². The van der Waals surface area contributed by atoms with Crippen molar-refractivity contribution < 1.29 is 4.74 Å². The SMILES string of the molecule is CCCCOc1ccc(/C=N/Nc2cc(-n3cc(C)cn3)ncn2)cc1. The Hall–Kier alpha value is -3.22. The lowest BCUT2D eigenvalue weighted by Crippen LogP contribution is -2.01. The summed E-state index contributed by atoms with van der Waals surface area (Å²) in [6.07, 6.45) is 9.08. The molecule has 0 amide bonds. The van der Waals surface area contributed by atoms with E-state index in [1.807, 2.05) is 37.4 Å². The van der Waals surface area contributed by atoms with Gasteiger partial charge >= 0.3 is 0 Å². The van der Waals surface area contributed by atoms with E-state index in [2.05, 4.69) is 32.5 Å². The van der Waals surface area contributed by atoms with Gasteiger partial charge in [0.25, 0.3) is 0 Å². The molecule has 0 spiro atoms. The number of hydrogen-bond acceptors (Lipinski definition) is 6. The molecule has 1 N–H and O–H groups in total. The highest BCUT2D eigenvalue weighted by atomic mass is 16.5. The normalized spacial score (nSPS) is 11.0. The van der Waals surface area contributed by atoms with Crippen LogP contribution in [0, 0.1) is 6.92 Å². The molecule has 134 valence electrons. The van der Waals surface area contributed by atoms with Gasteiger partial charge in [-0.1, -0.05) is 13.3 Å². The predicted octanol–water partition coefficient (Wildman–Crippen LogP) is 3.60. The van der Waals surface area contributed by atoms with Crippen molar-refractivity contribution >= 4 is 12.0 Å². The lowest BCUT2D eigenvalue weighted by atomic mass is 10.2. The maximum atomic E-state index is 5.65. The van der Waals surface area contributed by atoms with Crippen molar-refractivity contribution in [1.82, 2.24) is 19.7 Å². The van der Waals surface area contributed by atoms with Crippen molar-refractivity contribution in [2.45, 2.75) is 26.7 Å². The van der Waals surface area contributed by atoms with E-state index in [-0.39, 0.29) is 0 Å². The average Bonchev–Trinajstić information content (AvgIpc) is 3.10. The predicted molar refractivity (Wildman–Crippen MR) is 102 cm³/mol. The molecule has 26 heavy (non-hydrogen) atoms. The van der Waals surface area contributed by atoms with Gasteiger partial charge in [0.1, 0.15) is 12.1 Å². The molecular formula is C19H22N6O. The molecule has 0 aliphatic carbocycles. The number of unbranched alkanes of at least 4 members (excludes halogenated alkanes) is 1. The fourth-order valence-corrected chi connectivity index (χ4v) is 2.23. The zero-order valence-corrected chi connectivity index (χ0v) is 15.0. The van der Waals surface area contributed by atoms with Crippen molar-refractivity contribution in [1.29, 1.82) is 0 Å². The first kappa shape index (κ1) is 17.6. The minimum Gasteiger partial charge on any atom is -0.494 e. The molecule has 2 aromatic heterocycles. The molecule has 0 aliphatic rings. The molecular weight excluding hydrogens is 328 g/mol. The minimum atomic E-state index is 0.596.